The summed E-state index contributed by atoms with van der Waals surface area (Å²) in [6, 6.07) is 11.3. The highest BCUT2D eigenvalue weighted by molar-refractivity contribution is 5.90. The van der Waals surface area contributed by atoms with Gasteiger partial charge >= 0.3 is 6.61 Å². The second kappa shape index (κ2) is 9.70. The molecule has 36 heavy (non-hydrogen) atoms. The Bertz CT molecular complexity index is 1410. The summed E-state index contributed by atoms with van der Waals surface area (Å²) in [4.78, 5) is 23.7. The molecule has 11 nitrogen and oxygen atoms in total. The Balaban J connectivity index is 1.52. The van der Waals surface area contributed by atoms with Crippen molar-refractivity contribution in [2.24, 2.45) is 0 Å². The number of para-hydroxylation sites is 1. The molecule has 1 saturated heterocycles. The van der Waals surface area contributed by atoms with E-state index in [9.17, 15) is 18.9 Å². The van der Waals surface area contributed by atoms with Crippen LogP contribution in [0.25, 0.3) is 22.4 Å². The fourth-order valence-corrected chi connectivity index (χ4v) is 4.04. The van der Waals surface area contributed by atoms with Gasteiger partial charge in [-0.05, 0) is 25.2 Å². The molecule has 1 N–H and O–H groups in total. The number of hydrogen-bond donors (Lipinski definition) is 1. The van der Waals surface area contributed by atoms with Gasteiger partial charge in [-0.15, -0.1) is 0 Å². The smallest absolute Gasteiger partial charge is 0.387 e. The molecule has 0 amide bonds. The Morgan fingerprint density at radius 1 is 1.17 bits per heavy atom. The quantitative estimate of drug-likeness (QED) is 0.292. The van der Waals surface area contributed by atoms with E-state index in [2.05, 4.69) is 25.3 Å². The average Bonchev–Trinajstić information content (AvgIpc) is 3.29. The number of aromatic nitrogens is 3. The summed E-state index contributed by atoms with van der Waals surface area (Å²) >= 11 is 0. The van der Waals surface area contributed by atoms with Crippen LogP contribution < -0.4 is 15.0 Å². The minimum Gasteiger partial charge on any atom is -0.433 e. The molecule has 13 heteroatoms. The van der Waals surface area contributed by atoms with Crippen LogP contribution in [0.15, 0.2) is 53.2 Å². The lowest BCUT2D eigenvalue weighted by molar-refractivity contribution is -0.384. The minimum absolute atomic E-state index is 0.0142. The van der Waals surface area contributed by atoms with Crippen LogP contribution in [0.3, 0.4) is 0 Å². The number of likely N-dealkylation sites (N-methyl/N-ethyl adjacent to an activating group) is 1. The van der Waals surface area contributed by atoms with Crippen LogP contribution in [0, 0.1) is 10.1 Å². The van der Waals surface area contributed by atoms with E-state index in [1.54, 1.807) is 17.0 Å². The normalized spacial score (nSPS) is 14.4. The highest BCUT2D eigenvalue weighted by Crippen LogP contribution is 2.40. The van der Waals surface area contributed by atoms with Gasteiger partial charge in [-0.3, -0.25) is 10.1 Å². The molecule has 0 atom stereocenters. The van der Waals surface area contributed by atoms with Crippen LogP contribution in [-0.2, 0) is 0 Å². The maximum absolute atomic E-state index is 13.3. The number of alkyl halides is 2. The van der Waals surface area contributed by atoms with Crippen molar-refractivity contribution in [3.05, 3.63) is 58.8 Å². The number of halogens is 2. The van der Waals surface area contributed by atoms with E-state index in [1.807, 2.05) is 25.2 Å². The van der Waals surface area contributed by atoms with Gasteiger partial charge < -0.3 is 24.4 Å². The van der Waals surface area contributed by atoms with E-state index in [0.29, 0.717) is 43.1 Å². The number of nitro benzene ring substituents is 1. The number of hydrogen-bond acceptors (Lipinski definition) is 10. The molecule has 0 saturated carbocycles. The Kier molecular flexibility index (Phi) is 6.29. The van der Waals surface area contributed by atoms with Gasteiger partial charge in [-0.25, -0.2) is 9.97 Å². The van der Waals surface area contributed by atoms with E-state index in [1.165, 1.54) is 12.3 Å². The van der Waals surface area contributed by atoms with Gasteiger partial charge in [0, 0.05) is 44.5 Å². The van der Waals surface area contributed by atoms with Crippen molar-refractivity contribution in [3.63, 3.8) is 0 Å². The molecule has 1 fully saturated rings. The number of piperazine rings is 1. The van der Waals surface area contributed by atoms with Gasteiger partial charge in [0.2, 0.25) is 5.95 Å². The van der Waals surface area contributed by atoms with Gasteiger partial charge in [-0.1, -0.05) is 17.3 Å². The molecular weight excluding hydrogens is 476 g/mol. The standard InChI is InChI=1S/C23H21F2N7O4/c1-30-8-10-31(11-9-30)17-13-20(35-22(24)25)16(12-18(17)32(33)34)28-23-26-7-6-15(27-23)21-14-4-2-3-5-19(14)36-29-21/h2-7,12-13,22H,8-11H2,1H3,(H,26,27,28). The van der Waals surface area contributed by atoms with Crippen LogP contribution in [-0.4, -0.2) is 64.8 Å². The lowest BCUT2D eigenvalue weighted by Crippen LogP contribution is -2.44. The summed E-state index contributed by atoms with van der Waals surface area (Å²) in [7, 11) is 1.94. The second-order valence-corrected chi connectivity index (χ2v) is 8.18. The van der Waals surface area contributed by atoms with Crippen LogP contribution in [0.1, 0.15) is 0 Å². The first kappa shape index (κ1) is 23.4. The zero-order chi connectivity index (χ0) is 25.2. The van der Waals surface area contributed by atoms with E-state index in [0.717, 1.165) is 11.5 Å². The lowest BCUT2D eigenvalue weighted by Gasteiger charge is -2.34. The third-order valence-corrected chi connectivity index (χ3v) is 5.86. The number of ether oxygens (including phenoxy) is 1. The van der Waals surface area contributed by atoms with E-state index in [4.69, 9.17) is 9.26 Å². The molecule has 186 valence electrons. The number of rotatable bonds is 7. The van der Waals surface area contributed by atoms with Crippen LogP contribution >= 0.6 is 0 Å². The van der Waals surface area contributed by atoms with E-state index >= 15 is 0 Å². The van der Waals surface area contributed by atoms with Crippen molar-refractivity contribution in [3.8, 4) is 17.1 Å². The van der Waals surface area contributed by atoms with Crippen molar-refractivity contribution >= 4 is 34.0 Å². The van der Waals surface area contributed by atoms with Gasteiger partial charge in [0.05, 0.1) is 21.7 Å². The summed E-state index contributed by atoms with van der Waals surface area (Å²) in [6.07, 6.45) is 1.45. The molecule has 2 aromatic heterocycles. The van der Waals surface area contributed by atoms with E-state index < -0.39 is 11.5 Å². The van der Waals surface area contributed by atoms with Crippen molar-refractivity contribution < 1.29 is 23.0 Å². The molecule has 2 aromatic carbocycles. The first-order valence-electron chi connectivity index (χ1n) is 11.0. The number of nitrogens with one attached hydrogen (secondary N) is 1. The van der Waals surface area contributed by atoms with Gasteiger partial charge in [0.25, 0.3) is 5.69 Å². The Morgan fingerprint density at radius 2 is 1.94 bits per heavy atom. The van der Waals surface area contributed by atoms with Gasteiger partial charge in [0.1, 0.15) is 11.4 Å². The third-order valence-electron chi connectivity index (χ3n) is 5.86. The molecule has 4 aromatic rings. The Labute approximate surface area is 203 Å². The largest absolute Gasteiger partial charge is 0.433 e. The predicted molar refractivity (Wildman–Crippen MR) is 128 cm³/mol. The number of nitrogens with zero attached hydrogens (tertiary/aromatic N) is 6. The fraction of sp³-hybridized carbons (Fsp3) is 0.261. The summed E-state index contributed by atoms with van der Waals surface area (Å²) in [5.41, 5.74) is 1.35. The third kappa shape index (κ3) is 4.73. The minimum atomic E-state index is -3.14. The second-order valence-electron chi connectivity index (χ2n) is 8.18. The molecule has 0 radical (unpaired) electrons. The number of benzene rings is 2. The topological polar surface area (TPSA) is 123 Å². The molecule has 1 aliphatic rings. The molecule has 0 bridgehead atoms. The average molecular weight is 497 g/mol. The predicted octanol–water partition coefficient (Wildman–Crippen LogP) is 4.29. The first-order chi connectivity index (χ1) is 17.4. The number of nitro groups is 1. The zero-order valence-electron chi connectivity index (χ0n) is 19.1. The highest BCUT2D eigenvalue weighted by Gasteiger charge is 2.27. The summed E-state index contributed by atoms with van der Waals surface area (Å²) < 4.78 is 36.6. The monoisotopic (exact) mass is 497 g/mol. The van der Waals surface area contributed by atoms with Crippen LogP contribution in [0.2, 0.25) is 0 Å². The number of fused-ring (bicyclic) bond motifs is 1. The summed E-state index contributed by atoms with van der Waals surface area (Å²) in [5.74, 6) is -0.245. The molecular formula is C23H21F2N7O4. The highest BCUT2D eigenvalue weighted by atomic mass is 19.3. The Hall–Kier alpha value is -4.39. The van der Waals surface area contributed by atoms with Gasteiger partial charge in [0.15, 0.2) is 11.3 Å². The van der Waals surface area contributed by atoms with Gasteiger partial charge in [-0.2, -0.15) is 8.78 Å². The molecule has 0 spiro atoms. The molecule has 0 aliphatic carbocycles. The molecule has 0 unspecified atom stereocenters. The molecule has 1 aliphatic heterocycles. The maximum atomic E-state index is 13.3. The molecule has 5 rings (SSSR count). The van der Waals surface area contributed by atoms with Crippen molar-refractivity contribution in [2.75, 3.05) is 43.4 Å². The van der Waals surface area contributed by atoms with E-state index in [-0.39, 0.29) is 28.8 Å². The number of anilines is 3. The zero-order valence-corrected chi connectivity index (χ0v) is 19.1. The van der Waals surface area contributed by atoms with Crippen LogP contribution in [0.4, 0.5) is 31.8 Å². The Morgan fingerprint density at radius 3 is 2.69 bits per heavy atom. The first-order valence-corrected chi connectivity index (χ1v) is 11.0. The lowest BCUT2D eigenvalue weighted by atomic mass is 10.1. The van der Waals surface area contributed by atoms with Crippen molar-refractivity contribution in [1.29, 1.82) is 0 Å². The molecule has 3 heterocycles. The fourth-order valence-electron chi connectivity index (χ4n) is 4.04. The maximum Gasteiger partial charge on any atom is 0.387 e. The SMILES string of the molecule is CN1CCN(c2cc(OC(F)F)c(Nc3nccc(-c4noc5ccccc45)n3)cc2[N+](=O)[O-])CC1. The summed E-state index contributed by atoms with van der Waals surface area (Å²) in [6.45, 7) is -0.760. The van der Waals surface area contributed by atoms with Crippen molar-refractivity contribution in [1.82, 2.24) is 20.0 Å². The van der Waals surface area contributed by atoms with Crippen molar-refractivity contribution in [2.45, 2.75) is 6.61 Å². The van der Waals surface area contributed by atoms with Crippen LogP contribution in [0.5, 0.6) is 5.75 Å². The summed E-state index contributed by atoms with van der Waals surface area (Å²) in [5, 5.41) is 19.5.